The van der Waals surface area contributed by atoms with Gasteiger partial charge in [-0.15, -0.1) is 0 Å². The monoisotopic (exact) mass is 377 g/mol. The van der Waals surface area contributed by atoms with Crippen molar-refractivity contribution in [3.05, 3.63) is 58.9 Å². The summed E-state index contributed by atoms with van der Waals surface area (Å²) in [5.41, 5.74) is 2.26. The number of piperidine rings is 1. The van der Waals surface area contributed by atoms with Crippen molar-refractivity contribution in [2.24, 2.45) is 7.05 Å². The summed E-state index contributed by atoms with van der Waals surface area (Å²) in [5, 5.41) is 8.77. The molecule has 7 heteroatoms. The first-order chi connectivity index (χ1) is 13.6. The Labute approximate surface area is 160 Å². The predicted molar refractivity (Wildman–Crippen MR) is 107 cm³/mol. The van der Waals surface area contributed by atoms with Crippen LogP contribution in [0.1, 0.15) is 18.9 Å². The number of benzene rings is 1. The second-order valence-electron chi connectivity index (χ2n) is 7.34. The number of nitrogens with zero attached hydrogens (tertiary/aromatic N) is 4. The molecule has 0 atom stereocenters. The molecule has 0 amide bonds. The molecule has 0 saturated carbocycles. The molecule has 5 rings (SSSR count). The van der Waals surface area contributed by atoms with Crippen LogP contribution in [0.2, 0.25) is 0 Å². The molecule has 0 radical (unpaired) electrons. The molecule has 1 aliphatic rings. The largest absolute Gasteiger partial charge is 0.317 e. The summed E-state index contributed by atoms with van der Waals surface area (Å²) in [6.45, 7) is 1.85. The fourth-order valence-electron chi connectivity index (χ4n) is 4.03. The van der Waals surface area contributed by atoms with Gasteiger partial charge in [-0.25, -0.2) is 9.37 Å². The number of aromatic nitrogens is 4. The Balaban J connectivity index is 1.59. The Hall–Kier alpha value is -3.06. The highest BCUT2D eigenvalue weighted by atomic mass is 19.1. The first-order valence-corrected chi connectivity index (χ1v) is 9.46. The van der Waals surface area contributed by atoms with Gasteiger partial charge in [0.25, 0.3) is 5.56 Å². The van der Waals surface area contributed by atoms with Gasteiger partial charge in [-0.2, -0.15) is 5.10 Å². The fraction of sp³-hybridized carbons (Fsp3) is 0.286. The highest BCUT2D eigenvalue weighted by Gasteiger charge is 2.17. The Morgan fingerprint density at radius 3 is 2.82 bits per heavy atom. The summed E-state index contributed by atoms with van der Waals surface area (Å²) in [5.74, 6) is -0.378. The van der Waals surface area contributed by atoms with Gasteiger partial charge < -0.3 is 9.88 Å². The second-order valence-corrected chi connectivity index (χ2v) is 7.34. The zero-order valence-electron chi connectivity index (χ0n) is 15.5. The van der Waals surface area contributed by atoms with Crippen LogP contribution in [-0.4, -0.2) is 32.4 Å². The molecule has 1 fully saturated rings. The van der Waals surface area contributed by atoms with E-state index in [2.05, 4.69) is 15.4 Å². The standard InChI is InChI=1S/C21H20FN5O/c1-26-12-14-10-13(11-17(22)20(14)25-26)18-3-2-16-19(24-18)6-9-27(21(16)28)15-4-7-23-8-5-15/h2-3,6,9-12,15,23H,4-5,7-8H2,1H3. The molecule has 142 valence electrons. The molecule has 28 heavy (non-hydrogen) atoms. The van der Waals surface area contributed by atoms with Gasteiger partial charge in [0.1, 0.15) is 5.52 Å². The van der Waals surface area contributed by atoms with Crippen molar-refractivity contribution < 1.29 is 4.39 Å². The predicted octanol–water partition coefficient (Wildman–Crippen LogP) is 3.01. The van der Waals surface area contributed by atoms with E-state index in [4.69, 9.17) is 0 Å². The van der Waals surface area contributed by atoms with Crippen LogP contribution in [-0.2, 0) is 7.05 Å². The number of rotatable bonds is 2. The molecule has 0 unspecified atom stereocenters. The van der Waals surface area contributed by atoms with Crippen molar-refractivity contribution in [3.63, 3.8) is 0 Å². The van der Waals surface area contributed by atoms with E-state index in [1.165, 1.54) is 6.07 Å². The molecule has 1 aromatic carbocycles. The fourth-order valence-corrected chi connectivity index (χ4v) is 4.03. The van der Waals surface area contributed by atoms with E-state index >= 15 is 0 Å². The van der Waals surface area contributed by atoms with Crippen molar-refractivity contribution in [2.45, 2.75) is 18.9 Å². The van der Waals surface area contributed by atoms with Gasteiger partial charge in [0.05, 0.1) is 16.6 Å². The normalized spacial score (nSPS) is 15.5. The lowest BCUT2D eigenvalue weighted by Crippen LogP contribution is -2.34. The highest BCUT2D eigenvalue weighted by Crippen LogP contribution is 2.26. The number of hydrogen-bond acceptors (Lipinski definition) is 4. The van der Waals surface area contributed by atoms with Crippen LogP contribution in [0.15, 0.2) is 47.5 Å². The van der Waals surface area contributed by atoms with Crippen LogP contribution in [0.4, 0.5) is 4.39 Å². The molecule has 0 bridgehead atoms. The smallest absolute Gasteiger partial charge is 0.260 e. The van der Waals surface area contributed by atoms with E-state index in [1.807, 2.05) is 22.9 Å². The van der Waals surface area contributed by atoms with Crippen LogP contribution < -0.4 is 10.9 Å². The summed E-state index contributed by atoms with van der Waals surface area (Å²) < 4.78 is 17.8. The maximum Gasteiger partial charge on any atom is 0.260 e. The molecule has 1 saturated heterocycles. The summed E-state index contributed by atoms with van der Waals surface area (Å²) in [7, 11) is 1.76. The molecular formula is C21H20FN5O. The lowest BCUT2D eigenvalue weighted by Gasteiger charge is -2.24. The number of nitrogens with one attached hydrogen (secondary N) is 1. The molecule has 3 aromatic heterocycles. The van der Waals surface area contributed by atoms with E-state index < -0.39 is 0 Å². The summed E-state index contributed by atoms with van der Waals surface area (Å²) in [6, 6.07) is 8.99. The molecule has 0 aliphatic carbocycles. The van der Waals surface area contributed by atoms with Gasteiger partial charge in [-0.3, -0.25) is 9.48 Å². The van der Waals surface area contributed by atoms with E-state index in [0.29, 0.717) is 27.7 Å². The third kappa shape index (κ3) is 2.79. The number of hydrogen-bond donors (Lipinski definition) is 1. The summed E-state index contributed by atoms with van der Waals surface area (Å²) >= 11 is 0. The van der Waals surface area contributed by atoms with Crippen molar-refractivity contribution in [1.29, 1.82) is 0 Å². The van der Waals surface area contributed by atoms with Crippen LogP contribution in [0.3, 0.4) is 0 Å². The van der Waals surface area contributed by atoms with Crippen LogP contribution in [0.25, 0.3) is 33.1 Å². The van der Waals surface area contributed by atoms with Gasteiger partial charge in [0.2, 0.25) is 0 Å². The lowest BCUT2D eigenvalue weighted by atomic mass is 10.1. The van der Waals surface area contributed by atoms with Gasteiger partial charge in [-0.1, -0.05) is 0 Å². The first kappa shape index (κ1) is 17.1. The van der Waals surface area contributed by atoms with E-state index in [-0.39, 0.29) is 17.4 Å². The van der Waals surface area contributed by atoms with Crippen molar-refractivity contribution in [1.82, 2.24) is 24.6 Å². The average Bonchev–Trinajstić information content (AvgIpc) is 3.09. The van der Waals surface area contributed by atoms with Crippen LogP contribution in [0.5, 0.6) is 0 Å². The van der Waals surface area contributed by atoms with E-state index in [9.17, 15) is 9.18 Å². The zero-order valence-corrected chi connectivity index (χ0v) is 15.5. The Kier molecular flexibility index (Phi) is 3.98. The van der Waals surface area contributed by atoms with Gasteiger partial charge >= 0.3 is 0 Å². The number of halogens is 1. The molecule has 4 heterocycles. The average molecular weight is 377 g/mol. The molecular weight excluding hydrogens is 357 g/mol. The lowest BCUT2D eigenvalue weighted by molar-refractivity contribution is 0.362. The molecule has 1 aliphatic heterocycles. The van der Waals surface area contributed by atoms with Crippen molar-refractivity contribution >= 4 is 21.8 Å². The molecule has 4 aromatic rings. The van der Waals surface area contributed by atoms with Gasteiger partial charge in [-0.05, 0) is 56.3 Å². The number of pyridine rings is 2. The van der Waals surface area contributed by atoms with Gasteiger partial charge in [0, 0.05) is 36.4 Å². The maximum absolute atomic E-state index is 14.4. The summed E-state index contributed by atoms with van der Waals surface area (Å²) in [4.78, 5) is 17.6. The highest BCUT2D eigenvalue weighted by molar-refractivity contribution is 5.86. The molecule has 6 nitrogen and oxygen atoms in total. The topological polar surface area (TPSA) is 64.7 Å². The minimum atomic E-state index is -0.378. The SMILES string of the molecule is Cn1cc2cc(-c3ccc4c(=O)n(C5CCNCC5)ccc4n3)cc(F)c2n1. The second kappa shape index (κ2) is 6.53. The number of aryl methyl sites for hydroxylation is 1. The maximum atomic E-state index is 14.4. The van der Waals surface area contributed by atoms with Crippen molar-refractivity contribution in [2.75, 3.05) is 13.1 Å². The Morgan fingerprint density at radius 2 is 2.00 bits per heavy atom. The molecule has 1 N–H and O–H groups in total. The summed E-state index contributed by atoms with van der Waals surface area (Å²) in [6.07, 6.45) is 5.51. The van der Waals surface area contributed by atoms with Crippen molar-refractivity contribution in [3.8, 4) is 11.3 Å². The third-order valence-electron chi connectivity index (χ3n) is 5.46. The van der Waals surface area contributed by atoms with Crippen LogP contribution in [0, 0.1) is 5.82 Å². The van der Waals surface area contributed by atoms with E-state index in [0.717, 1.165) is 31.3 Å². The van der Waals surface area contributed by atoms with E-state index in [1.54, 1.807) is 30.1 Å². The third-order valence-corrected chi connectivity index (χ3v) is 5.46. The minimum absolute atomic E-state index is 0.0163. The minimum Gasteiger partial charge on any atom is -0.317 e. The Bertz CT molecular complexity index is 1250. The van der Waals surface area contributed by atoms with Gasteiger partial charge in [0.15, 0.2) is 5.82 Å². The Morgan fingerprint density at radius 1 is 1.18 bits per heavy atom. The van der Waals surface area contributed by atoms with Crippen LogP contribution >= 0.6 is 0 Å². The zero-order chi connectivity index (χ0) is 19.3. The first-order valence-electron chi connectivity index (χ1n) is 9.46. The number of fused-ring (bicyclic) bond motifs is 2. The quantitative estimate of drug-likeness (QED) is 0.583. The molecule has 0 spiro atoms.